The van der Waals surface area contributed by atoms with Gasteiger partial charge in [0.2, 0.25) is 5.91 Å². The molecule has 1 saturated heterocycles. The molecule has 0 aromatic heterocycles. The lowest BCUT2D eigenvalue weighted by atomic mass is 9.96. The number of benzene rings is 1. The van der Waals surface area contributed by atoms with Gasteiger partial charge in [-0.15, -0.1) is 0 Å². The van der Waals surface area contributed by atoms with E-state index in [0.29, 0.717) is 5.56 Å². The van der Waals surface area contributed by atoms with Gasteiger partial charge in [0.25, 0.3) is 0 Å². The topological polar surface area (TPSA) is 58.4 Å². The fourth-order valence-corrected chi connectivity index (χ4v) is 2.86. The SMILES string of the molecule is CCNCC1CCN(c2ccc(C(N)=O)c(C)c2)CC1. The molecule has 1 aliphatic heterocycles. The van der Waals surface area contributed by atoms with Gasteiger partial charge >= 0.3 is 0 Å². The number of anilines is 1. The van der Waals surface area contributed by atoms with Crippen LogP contribution in [0.15, 0.2) is 18.2 Å². The zero-order valence-electron chi connectivity index (χ0n) is 12.5. The van der Waals surface area contributed by atoms with Crippen LogP contribution in [0, 0.1) is 12.8 Å². The summed E-state index contributed by atoms with van der Waals surface area (Å²) < 4.78 is 0. The number of aryl methyl sites for hydroxylation is 1. The third-order valence-electron chi connectivity index (χ3n) is 4.14. The van der Waals surface area contributed by atoms with Gasteiger partial charge < -0.3 is 16.0 Å². The number of carbonyl (C=O) groups is 1. The van der Waals surface area contributed by atoms with Crippen molar-refractivity contribution in [2.45, 2.75) is 26.7 Å². The summed E-state index contributed by atoms with van der Waals surface area (Å²) in [4.78, 5) is 13.7. The average molecular weight is 275 g/mol. The van der Waals surface area contributed by atoms with Crippen LogP contribution in [0.1, 0.15) is 35.7 Å². The number of nitrogens with one attached hydrogen (secondary N) is 1. The summed E-state index contributed by atoms with van der Waals surface area (Å²) in [5.41, 5.74) is 8.14. The second-order valence-electron chi connectivity index (χ2n) is 5.60. The van der Waals surface area contributed by atoms with Crippen LogP contribution in [-0.2, 0) is 0 Å². The zero-order valence-corrected chi connectivity index (χ0v) is 12.5. The molecule has 0 aliphatic carbocycles. The molecule has 110 valence electrons. The highest BCUT2D eigenvalue weighted by molar-refractivity contribution is 5.94. The molecule has 3 N–H and O–H groups in total. The van der Waals surface area contributed by atoms with Gasteiger partial charge in [0.1, 0.15) is 0 Å². The highest BCUT2D eigenvalue weighted by Crippen LogP contribution is 2.25. The minimum absolute atomic E-state index is 0.349. The second kappa shape index (κ2) is 6.75. The van der Waals surface area contributed by atoms with E-state index in [1.807, 2.05) is 19.1 Å². The number of nitrogens with two attached hydrogens (primary N) is 1. The molecule has 0 bridgehead atoms. The van der Waals surface area contributed by atoms with Crippen LogP contribution in [0.2, 0.25) is 0 Å². The molecule has 0 saturated carbocycles. The Balaban J connectivity index is 1.97. The molecular formula is C16H25N3O. The minimum atomic E-state index is -0.349. The smallest absolute Gasteiger partial charge is 0.248 e. The fourth-order valence-electron chi connectivity index (χ4n) is 2.86. The van der Waals surface area contributed by atoms with Crippen molar-refractivity contribution in [3.63, 3.8) is 0 Å². The van der Waals surface area contributed by atoms with Crippen LogP contribution in [-0.4, -0.2) is 32.1 Å². The molecule has 0 atom stereocenters. The van der Waals surface area contributed by atoms with E-state index in [9.17, 15) is 4.79 Å². The number of hydrogen-bond acceptors (Lipinski definition) is 3. The quantitative estimate of drug-likeness (QED) is 0.863. The van der Waals surface area contributed by atoms with E-state index in [2.05, 4.69) is 23.2 Å². The molecule has 0 unspecified atom stereocenters. The highest BCUT2D eigenvalue weighted by atomic mass is 16.1. The minimum Gasteiger partial charge on any atom is -0.372 e. The number of piperidine rings is 1. The lowest BCUT2D eigenvalue weighted by molar-refractivity contribution is 0.1000. The monoisotopic (exact) mass is 275 g/mol. The highest BCUT2D eigenvalue weighted by Gasteiger charge is 2.19. The molecule has 0 spiro atoms. The van der Waals surface area contributed by atoms with E-state index in [-0.39, 0.29) is 5.91 Å². The Bertz CT molecular complexity index is 465. The Kier molecular flexibility index (Phi) is 5.01. The first-order valence-electron chi connectivity index (χ1n) is 7.48. The van der Waals surface area contributed by atoms with Gasteiger partial charge in [0, 0.05) is 24.3 Å². The summed E-state index contributed by atoms with van der Waals surface area (Å²) in [7, 11) is 0. The lowest BCUT2D eigenvalue weighted by Crippen LogP contribution is -2.37. The van der Waals surface area contributed by atoms with E-state index in [1.165, 1.54) is 18.5 Å². The van der Waals surface area contributed by atoms with Crippen LogP contribution in [0.4, 0.5) is 5.69 Å². The van der Waals surface area contributed by atoms with Gasteiger partial charge in [0.05, 0.1) is 0 Å². The standard InChI is InChI=1S/C16H25N3O/c1-3-18-11-13-6-8-19(9-7-13)14-4-5-15(16(17)20)12(2)10-14/h4-5,10,13,18H,3,6-9,11H2,1-2H3,(H2,17,20). The first-order chi connectivity index (χ1) is 9.61. The van der Waals surface area contributed by atoms with Gasteiger partial charge in [-0.25, -0.2) is 0 Å². The normalized spacial score (nSPS) is 16.4. The van der Waals surface area contributed by atoms with Gasteiger partial charge in [0.15, 0.2) is 0 Å². The molecule has 1 aromatic rings. The molecule has 1 aliphatic rings. The third kappa shape index (κ3) is 3.51. The second-order valence-corrected chi connectivity index (χ2v) is 5.60. The number of carbonyl (C=O) groups excluding carboxylic acids is 1. The summed E-state index contributed by atoms with van der Waals surface area (Å²) in [6, 6.07) is 5.93. The van der Waals surface area contributed by atoms with Crippen LogP contribution in [0.25, 0.3) is 0 Å². The molecular weight excluding hydrogens is 250 g/mol. The van der Waals surface area contributed by atoms with Crippen molar-refractivity contribution in [2.24, 2.45) is 11.7 Å². The van der Waals surface area contributed by atoms with E-state index in [1.54, 1.807) is 0 Å². The van der Waals surface area contributed by atoms with Crippen LogP contribution >= 0.6 is 0 Å². The number of primary amides is 1. The fraction of sp³-hybridized carbons (Fsp3) is 0.562. The Hall–Kier alpha value is -1.55. The first-order valence-corrected chi connectivity index (χ1v) is 7.48. The van der Waals surface area contributed by atoms with Crippen molar-refractivity contribution in [3.8, 4) is 0 Å². The number of nitrogens with zero attached hydrogens (tertiary/aromatic N) is 1. The van der Waals surface area contributed by atoms with E-state index >= 15 is 0 Å². The van der Waals surface area contributed by atoms with Crippen molar-refractivity contribution in [1.82, 2.24) is 5.32 Å². The number of hydrogen-bond donors (Lipinski definition) is 2. The van der Waals surface area contributed by atoms with E-state index < -0.39 is 0 Å². The largest absolute Gasteiger partial charge is 0.372 e. The van der Waals surface area contributed by atoms with Gasteiger partial charge in [-0.2, -0.15) is 0 Å². The molecule has 4 heteroatoms. The maximum atomic E-state index is 11.3. The van der Waals surface area contributed by atoms with Crippen LogP contribution in [0.3, 0.4) is 0 Å². The number of amides is 1. The summed E-state index contributed by atoms with van der Waals surface area (Å²) >= 11 is 0. The van der Waals surface area contributed by atoms with Gasteiger partial charge in [-0.3, -0.25) is 4.79 Å². The molecule has 1 aromatic carbocycles. The average Bonchev–Trinajstić information content (AvgIpc) is 2.45. The molecule has 1 fully saturated rings. The maximum absolute atomic E-state index is 11.3. The van der Waals surface area contributed by atoms with Crippen LogP contribution in [0.5, 0.6) is 0 Å². The van der Waals surface area contributed by atoms with Crippen molar-refractivity contribution in [2.75, 3.05) is 31.1 Å². The molecule has 0 radical (unpaired) electrons. The molecule has 4 nitrogen and oxygen atoms in total. The molecule has 1 amide bonds. The molecule has 20 heavy (non-hydrogen) atoms. The summed E-state index contributed by atoms with van der Waals surface area (Å²) in [6.45, 7) is 8.45. The van der Waals surface area contributed by atoms with Crippen LogP contribution < -0.4 is 16.0 Å². The van der Waals surface area contributed by atoms with Gasteiger partial charge in [-0.05, 0) is 62.5 Å². The summed E-state index contributed by atoms with van der Waals surface area (Å²) in [5, 5.41) is 3.43. The predicted molar refractivity (Wildman–Crippen MR) is 83.2 cm³/mol. The summed E-state index contributed by atoms with van der Waals surface area (Å²) in [5.74, 6) is 0.440. The molecule has 1 heterocycles. The lowest BCUT2D eigenvalue weighted by Gasteiger charge is -2.34. The van der Waals surface area contributed by atoms with E-state index in [0.717, 1.165) is 37.7 Å². The Morgan fingerprint density at radius 1 is 1.40 bits per heavy atom. The Morgan fingerprint density at radius 2 is 2.10 bits per heavy atom. The third-order valence-corrected chi connectivity index (χ3v) is 4.14. The maximum Gasteiger partial charge on any atom is 0.248 e. The van der Waals surface area contributed by atoms with Crippen molar-refractivity contribution >= 4 is 11.6 Å². The van der Waals surface area contributed by atoms with Crippen molar-refractivity contribution in [1.29, 1.82) is 0 Å². The van der Waals surface area contributed by atoms with Crippen molar-refractivity contribution in [3.05, 3.63) is 29.3 Å². The Labute approximate surface area is 121 Å². The number of rotatable bonds is 5. The zero-order chi connectivity index (χ0) is 14.5. The predicted octanol–water partition coefficient (Wildman–Crippen LogP) is 1.92. The van der Waals surface area contributed by atoms with E-state index in [4.69, 9.17) is 5.73 Å². The summed E-state index contributed by atoms with van der Waals surface area (Å²) in [6.07, 6.45) is 2.45. The van der Waals surface area contributed by atoms with Crippen molar-refractivity contribution < 1.29 is 4.79 Å². The first kappa shape index (κ1) is 14.9. The van der Waals surface area contributed by atoms with Gasteiger partial charge in [-0.1, -0.05) is 6.92 Å². The molecule has 2 rings (SSSR count). The Morgan fingerprint density at radius 3 is 2.65 bits per heavy atom.